The van der Waals surface area contributed by atoms with Crippen molar-refractivity contribution in [2.24, 2.45) is 5.92 Å². The third kappa shape index (κ3) is 3.84. The molecule has 0 saturated heterocycles. The maximum Gasteiger partial charge on any atom is 0.0885 e. The Bertz CT molecular complexity index is 288. The summed E-state index contributed by atoms with van der Waals surface area (Å²) in [7, 11) is 0. The van der Waals surface area contributed by atoms with Crippen LogP contribution in [0.4, 0.5) is 0 Å². The van der Waals surface area contributed by atoms with Gasteiger partial charge >= 0.3 is 0 Å². The van der Waals surface area contributed by atoms with E-state index in [0.29, 0.717) is 5.92 Å². The molecule has 0 aromatic carbocycles. The molecule has 0 fully saturated rings. The van der Waals surface area contributed by atoms with Crippen LogP contribution in [0.2, 0.25) is 0 Å². The van der Waals surface area contributed by atoms with E-state index in [1.807, 2.05) is 6.07 Å². The highest BCUT2D eigenvalue weighted by atomic mass is 79.9. The topological polar surface area (TPSA) is 20.2 Å². The SMILES string of the molecule is CCC(CC)CC(O)c1cc(Br)c(Br)s1. The molecule has 1 aromatic heterocycles. The highest BCUT2D eigenvalue weighted by Crippen LogP contribution is 2.37. The zero-order valence-electron chi connectivity index (χ0n) is 8.96. The quantitative estimate of drug-likeness (QED) is 0.775. The number of aliphatic hydroxyl groups is 1. The molecule has 0 amide bonds. The van der Waals surface area contributed by atoms with Crippen LogP contribution in [0, 0.1) is 5.92 Å². The van der Waals surface area contributed by atoms with Crippen LogP contribution in [0.25, 0.3) is 0 Å². The van der Waals surface area contributed by atoms with Crippen LogP contribution in [0.3, 0.4) is 0 Å². The van der Waals surface area contributed by atoms with E-state index in [2.05, 4.69) is 45.7 Å². The van der Waals surface area contributed by atoms with E-state index in [0.717, 1.165) is 32.4 Å². The lowest BCUT2D eigenvalue weighted by Crippen LogP contribution is -2.04. The van der Waals surface area contributed by atoms with Crippen molar-refractivity contribution in [2.45, 2.75) is 39.2 Å². The highest BCUT2D eigenvalue weighted by molar-refractivity contribution is 9.13. The molecule has 1 N–H and O–H groups in total. The summed E-state index contributed by atoms with van der Waals surface area (Å²) in [5.74, 6) is 0.625. The lowest BCUT2D eigenvalue weighted by atomic mass is 9.95. The van der Waals surface area contributed by atoms with Crippen LogP contribution in [-0.4, -0.2) is 5.11 Å². The Morgan fingerprint density at radius 2 is 1.93 bits per heavy atom. The van der Waals surface area contributed by atoms with Gasteiger partial charge in [0.05, 0.1) is 9.89 Å². The molecule has 0 spiro atoms. The third-order valence-corrected chi connectivity index (χ3v) is 6.06. The normalized spacial score (nSPS) is 13.5. The molecule has 0 bridgehead atoms. The first-order valence-electron chi connectivity index (χ1n) is 5.21. The van der Waals surface area contributed by atoms with E-state index >= 15 is 0 Å². The van der Waals surface area contributed by atoms with E-state index in [-0.39, 0.29) is 6.10 Å². The Hall–Kier alpha value is 0.620. The molecule has 86 valence electrons. The molecule has 1 unspecified atom stereocenters. The standard InChI is InChI=1S/C11H16Br2OS/c1-3-7(4-2)5-9(14)10-6-8(12)11(13)15-10/h6-7,9,14H,3-5H2,1-2H3. The Morgan fingerprint density at radius 1 is 1.33 bits per heavy atom. The average molecular weight is 356 g/mol. The number of rotatable bonds is 5. The van der Waals surface area contributed by atoms with E-state index in [1.54, 1.807) is 11.3 Å². The lowest BCUT2D eigenvalue weighted by Gasteiger charge is -2.15. The lowest BCUT2D eigenvalue weighted by molar-refractivity contribution is 0.144. The summed E-state index contributed by atoms with van der Waals surface area (Å²) in [6, 6.07) is 2.00. The fourth-order valence-corrected chi connectivity index (χ4v) is 3.67. The van der Waals surface area contributed by atoms with Crippen LogP contribution in [0.5, 0.6) is 0 Å². The van der Waals surface area contributed by atoms with Gasteiger partial charge < -0.3 is 5.11 Å². The van der Waals surface area contributed by atoms with Gasteiger partial charge in [-0.15, -0.1) is 11.3 Å². The minimum atomic E-state index is -0.317. The van der Waals surface area contributed by atoms with Crippen molar-refractivity contribution >= 4 is 43.2 Å². The molecule has 0 saturated carbocycles. The number of thiophene rings is 1. The van der Waals surface area contributed by atoms with Crippen LogP contribution >= 0.6 is 43.2 Å². The second-order valence-corrected chi connectivity index (χ2v) is 6.96. The summed E-state index contributed by atoms with van der Waals surface area (Å²) >= 11 is 8.49. The first-order valence-corrected chi connectivity index (χ1v) is 7.61. The van der Waals surface area contributed by atoms with Crippen molar-refractivity contribution in [3.05, 3.63) is 19.2 Å². The Balaban J connectivity index is 2.64. The smallest absolute Gasteiger partial charge is 0.0885 e. The predicted molar refractivity (Wildman–Crippen MR) is 73.4 cm³/mol. The van der Waals surface area contributed by atoms with Crippen LogP contribution < -0.4 is 0 Å². The molecular weight excluding hydrogens is 340 g/mol. The fourth-order valence-electron chi connectivity index (χ4n) is 1.58. The summed E-state index contributed by atoms with van der Waals surface area (Å²) < 4.78 is 2.09. The van der Waals surface area contributed by atoms with Gasteiger partial charge in [0.25, 0.3) is 0 Å². The molecule has 0 aliphatic heterocycles. The zero-order valence-corrected chi connectivity index (χ0v) is 13.0. The molecule has 1 heterocycles. The van der Waals surface area contributed by atoms with E-state index < -0.39 is 0 Å². The van der Waals surface area contributed by atoms with Gasteiger partial charge in [-0.1, -0.05) is 26.7 Å². The highest BCUT2D eigenvalue weighted by Gasteiger charge is 2.16. The second kappa shape index (κ2) is 6.38. The monoisotopic (exact) mass is 354 g/mol. The molecule has 1 aromatic rings. The van der Waals surface area contributed by atoms with Crippen molar-refractivity contribution < 1.29 is 5.11 Å². The number of aliphatic hydroxyl groups excluding tert-OH is 1. The summed E-state index contributed by atoms with van der Waals surface area (Å²) in [5, 5.41) is 10.1. The molecule has 0 aliphatic rings. The molecule has 15 heavy (non-hydrogen) atoms. The van der Waals surface area contributed by atoms with Crippen LogP contribution in [-0.2, 0) is 0 Å². The summed E-state index contributed by atoms with van der Waals surface area (Å²) in [6.07, 6.45) is 2.83. The van der Waals surface area contributed by atoms with E-state index in [1.165, 1.54) is 0 Å². The van der Waals surface area contributed by atoms with Gasteiger partial charge in [-0.25, -0.2) is 0 Å². The van der Waals surface area contributed by atoms with Crippen molar-refractivity contribution in [3.8, 4) is 0 Å². The zero-order chi connectivity index (χ0) is 11.4. The number of hydrogen-bond donors (Lipinski definition) is 1. The number of halogens is 2. The Morgan fingerprint density at radius 3 is 2.33 bits per heavy atom. The fraction of sp³-hybridized carbons (Fsp3) is 0.636. The van der Waals surface area contributed by atoms with Gasteiger partial charge in [0.15, 0.2) is 0 Å². The van der Waals surface area contributed by atoms with Gasteiger partial charge in [0.1, 0.15) is 0 Å². The predicted octanol–water partition coefficient (Wildman–Crippen LogP) is 5.13. The van der Waals surface area contributed by atoms with Crippen LogP contribution in [0.15, 0.2) is 14.3 Å². The molecule has 1 nitrogen and oxygen atoms in total. The van der Waals surface area contributed by atoms with Gasteiger partial charge in [-0.3, -0.25) is 0 Å². The molecule has 4 heteroatoms. The number of hydrogen-bond acceptors (Lipinski definition) is 2. The average Bonchev–Trinajstić information content (AvgIpc) is 2.55. The van der Waals surface area contributed by atoms with Gasteiger partial charge in [-0.05, 0) is 50.3 Å². The first-order chi connectivity index (χ1) is 7.08. The largest absolute Gasteiger partial charge is 0.388 e. The van der Waals surface area contributed by atoms with Gasteiger partial charge in [0, 0.05) is 9.35 Å². The molecule has 1 rings (SSSR count). The third-order valence-electron chi connectivity index (χ3n) is 2.70. The minimum absolute atomic E-state index is 0.317. The van der Waals surface area contributed by atoms with Crippen molar-refractivity contribution in [2.75, 3.05) is 0 Å². The Kier molecular flexibility index (Phi) is 5.82. The maximum absolute atomic E-state index is 10.1. The van der Waals surface area contributed by atoms with Crippen molar-refractivity contribution in [1.29, 1.82) is 0 Å². The summed E-state index contributed by atoms with van der Waals surface area (Å²) in [6.45, 7) is 4.36. The Labute approximate surface area is 112 Å². The van der Waals surface area contributed by atoms with Gasteiger partial charge in [-0.2, -0.15) is 0 Å². The maximum atomic E-state index is 10.1. The molecule has 1 atom stereocenters. The van der Waals surface area contributed by atoms with E-state index in [9.17, 15) is 5.11 Å². The second-order valence-electron chi connectivity index (χ2n) is 3.70. The van der Waals surface area contributed by atoms with Crippen LogP contribution in [0.1, 0.15) is 44.1 Å². The first kappa shape index (κ1) is 13.7. The minimum Gasteiger partial charge on any atom is -0.388 e. The van der Waals surface area contributed by atoms with E-state index in [4.69, 9.17) is 0 Å². The van der Waals surface area contributed by atoms with Crippen molar-refractivity contribution in [1.82, 2.24) is 0 Å². The summed E-state index contributed by atoms with van der Waals surface area (Å²) in [5.41, 5.74) is 0. The molecular formula is C11H16Br2OS. The van der Waals surface area contributed by atoms with Gasteiger partial charge in [0.2, 0.25) is 0 Å². The molecule has 0 aliphatic carbocycles. The van der Waals surface area contributed by atoms with Crippen molar-refractivity contribution in [3.63, 3.8) is 0 Å². The summed E-state index contributed by atoms with van der Waals surface area (Å²) in [4.78, 5) is 1.04. The molecule has 0 radical (unpaired) electrons.